The summed E-state index contributed by atoms with van der Waals surface area (Å²) in [5.41, 5.74) is 2.16. The Kier molecular flexibility index (Phi) is 2.58. The summed E-state index contributed by atoms with van der Waals surface area (Å²) in [5, 5.41) is 2.48. The first kappa shape index (κ1) is 8.46. The lowest BCUT2D eigenvalue weighted by molar-refractivity contribution is -0.105. The fourth-order valence-corrected chi connectivity index (χ4v) is 1.03. The fraction of sp³-hybridized carbons (Fsp3) is 0.111. The monoisotopic (exact) mass is 163 g/mol. The van der Waals surface area contributed by atoms with E-state index in [1.807, 2.05) is 6.92 Å². The number of hydrogen-bond acceptors (Lipinski definition) is 2. The molecule has 0 aliphatic rings. The van der Waals surface area contributed by atoms with Gasteiger partial charge in [0.05, 0.1) is 0 Å². The molecule has 12 heavy (non-hydrogen) atoms. The Bertz CT molecular complexity index is 307. The molecule has 0 heterocycles. The molecular weight excluding hydrogens is 154 g/mol. The predicted octanol–water partition coefficient (Wildman–Crippen LogP) is 1.38. The van der Waals surface area contributed by atoms with Crippen LogP contribution in [0.4, 0.5) is 5.69 Å². The van der Waals surface area contributed by atoms with Gasteiger partial charge in [0.25, 0.3) is 0 Å². The van der Waals surface area contributed by atoms with Gasteiger partial charge in [-0.2, -0.15) is 0 Å². The molecule has 0 aliphatic carbocycles. The van der Waals surface area contributed by atoms with E-state index in [9.17, 15) is 9.59 Å². The van der Waals surface area contributed by atoms with Gasteiger partial charge >= 0.3 is 0 Å². The van der Waals surface area contributed by atoms with Crippen LogP contribution in [0.1, 0.15) is 15.9 Å². The minimum atomic E-state index is 0.569. The van der Waals surface area contributed by atoms with Crippen molar-refractivity contribution in [2.45, 2.75) is 6.92 Å². The van der Waals surface area contributed by atoms with Crippen molar-refractivity contribution in [1.29, 1.82) is 0 Å². The third kappa shape index (κ3) is 1.92. The van der Waals surface area contributed by atoms with Gasteiger partial charge in [-0.05, 0) is 30.7 Å². The van der Waals surface area contributed by atoms with Crippen molar-refractivity contribution < 1.29 is 9.59 Å². The lowest BCUT2D eigenvalue weighted by atomic mass is 10.1. The first-order valence-corrected chi connectivity index (χ1v) is 3.53. The number of rotatable bonds is 3. The van der Waals surface area contributed by atoms with E-state index >= 15 is 0 Å². The molecule has 1 aromatic carbocycles. The molecule has 0 bridgehead atoms. The summed E-state index contributed by atoms with van der Waals surface area (Å²) in [6.45, 7) is 1.86. The summed E-state index contributed by atoms with van der Waals surface area (Å²) < 4.78 is 0. The third-order valence-electron chi connectivity index (χ3n) is 1.46. The van der Waals surface area contributed by atoms with Crippen LogP contribution in [0.25, 0.3) is 0 Å². The van der Waals surface area contributed by atoms with E-state index in [1.54, 1.807) is 18.2 Å². The molecule has 0 spiro atoms. The van der Waals surface area contributed by atoms with Crippen molar-refractivity contribution in [3.8, 4) is 0 Å². The van der Waals surface area contributed by atoms with Gasteiger partial charge in [0.2, 0.25) is 6.41 Å². The minimum Gasteiger partial charge on any atom is -0.329 e. The Balaban J connectivity index is 3.05. The standard InChI is InChI=1S/C9H9NO2/c1-7-2-8(5-11)4-9(3-7)10-6-12/h2-6H,1H3,(H,10,12). The summed E-state index contributed by atoms with van der Waals surface area (Å²) in [6, 6.07) is 5.17. The highest BCUT2D eigenvalue weighted by molar-refractivity contribution is 5.80. The quantitative estimate of drug-likeness (QED) is 0.684. The second kappa shape index (κ2) is 3.67. The molecule has 0 fully saturated rings. The molecule has 0 saturated carbocycles. The maximum Gasteiger partial charge on any atom is 0.211 e. The van der Waals surface area contributed by atoms with E-state index in [0.717, 1.165) is 11.8 Å². The fourth-order valence-electron chi connectivity index (χ4n) is 1.03. The Morgan fingerprint density at radius 3 is 2.58 bits per heavy atom. The molecule has 3 nitrogen and oxygen atoms in total. The van der Waals surface area contributed by atoms with Crippen LogP contribution in [0.5, 0.6) is 0 Å². The van der Waals surface area contributed by atoms with Gasteiger partial charge < -0.3 is 5.32 Å². The van der Waals surface area contributed by atoms with Gasteiger partial charge in [0.1, 0.15) is 6.29 Å². The van der Waals surface area contributed by atoms with Crippen LogP contribution < -0.4 is 5.32 Å². The lowest BCUT2D eigenvalue weighted by Crippen LogP contribution is -1.95. The van der Waals surface area contributed by atoms with Crippen molar-refractivity contribution in [2.75, 3.05) is 5.32 Å². The first-order chi connectivity index (χ1) is 5.76. The summed E-state index contributed by atoms with van der Waals surface area (Å²) >= 11 is 0. The molecule has 1 N–H and O–H groups in total. The second-order valence-corrected chi connectivity index (χ2v) is 2.51. The van der Waals surface area contributed by atoms with Crippen LogP contribution in [0.15, 0.2) is 18.2 Å². The number of aryl methyl sites for hydroxylation is 1. The van der Waals surface area contributed by atoms with Crippen LogP contribution in [0.3, 0.4) is 0 Å². The Morgan fingerprint density at radius 1 is 1.25 bits per heavy atom. The van der Waals surface area contributed by atoms with E-state index in [2.05, 4.69) is 5.32 Å². The van der Waals surface area contributed by atoms with Crippen LogP contribution in [0, 0.1) is 6.92 Å². The van der Waals surface area contributed by atoms with Gasteiger partial charge in [-0.15, -0.1) is 0 Å². The smallest absolute Gasteiger partial charge is 0.211 e. The number of benzene rings is 1. The van der Waals surface area contributed by atoms with Crippen molar-refractivity contribution in [2.24, 2.45) is 0 Å². The molecule has 62 valence electrons. The van der Waals surface area contributed by atoms with Crippen molar-refractivity contribution >= 4 is 18.4 Å². The second-order valence-electron chi connectivity index (χ2n) is 2.51. The highest BCUT2D eigenvalue weighted by Gasteiger charge is 1.95. The summed E-state index contributed by atoms with van der Waals surface area (Å²) in [7, 11) is 0. The average molecular weight is 163 g/mol. The minimum absolute atomic E-state index is 0.569. The van der Waals surface area contributed by atoms with Crippen molar-refractivity contribution in [3.05, 3.63) is 29.3 Å². The molecular formula is C9H9NO2. The first-order valence-electron chi connectivity index (χ1n) is 3.53. The highest BCUT2D eigenvalue weighted by Crippen LogP contribution is 2.11. The zero-order valence-corrected chi connectivity index (χ0v) is 6.70. The molecule has 0 aliphatic heterocycles. The van der Waals surface area contributed by atoms with E-state index in [-0.39, 0.29) is 0 Å². The zero-order chi connectivity index (χ0) is 8.97. The largest absolute Gasteiger partial charge is 0.329 e. The number of anilines is 1. The SMILES string of the molecule is Cc1cc(C=O)cc(NC=O)c1. The number of nitrogens with one attached hydrogen (secondary N) is 1. The van der Waals surface area contributed by atoms with E-state index in [4.69, 9.17) is 0 Å². The molecule has 1 rings (SSSR count). The van der Waals surface area contributed by atoms with E-state index < -0.39 is 0 Å². The molecule has 0 unspecified atom stereocenters. The van der Waals surface area contributed by atoms with Gasteiger partial charge in [0.15, 0.2) is 0 Å². The molecule has 0 radical (unpaired) electrons. The number of aldehydes is 1. The Hall–Kier alpha value is -1.64. The average Bonchev–Trinajstić information content (AvgIpc) is 2.04. The molecule has 1 aromatic rings. The maximum absolute atomic E-state index is 10.4. The zero-order valence-electron chi connectivity index (χ0n) is 6.70. The molecule has 3 heteroatoms. The number of hydrogen-bond donors (Lipinski definition) is 1. The van der Waals surface area contributed by atoms with Gasteiger partial charge in [-0.3, -0.25) is 9.59 Å². The van der Waals surface area contributed by atoms with Crippen LogP contribution >= 0.6 is 0 Å². The summed E-state index contributed by atoms with van der Waals surface area (Å²) in [5.74, 6) is 0. The summed E-state index contributed by atoms with van der Waals surface area (Å²) in [4.78, 5) is 20.5. The van der Waals surface area contributed by atoms with Crippen LogP contribution in [-0.4, -0.2) is 12.7 Å². The summed E-state index contributed by atoms with van der Waals surface area (Å²) in [6.07, 6.45) is 1.34. The van der Waals surface area contributed by atoms with Gasteiger partial charge in [-0.25, -0.2) is 0 Å². The molecule has 1 amide bonds. The van der Waals surface area contributed by atoms with Crippen molar-refractivity contribution in [3.63, 3.8) is 0 Å². The number of carbonyl (C=O) groups excluding carboxylic acids is 2. The highest BCUT2D eigenvalue weighted by atomic mass is 16.1. The number of amides is 1. The Labute approximate surface area is 70.4 Å². The lowest BCUT2D eigenvalue weighted by Gasteiger charge is -2.00. The predicted molar refractivity (Wildman–Crippen MR) is 46.3 cm³/mol. The Morgan fingerprint density at radius 2 is 2.00 bits per heavy atom. The normalized spacial score (nSPS) is 9.08. The van der Waals surface area contributed by atoms with Crippen molar-refractivity contribution in [1.82, 2.24) is 0 Å². The van der Waals surface area contributed by atoms with Gasteiger partial charge in [-0.1, -0.05) is 0 Å². The van der Waals surface area contributed by atoms with E-state index in [1.165, 1.54) is 0 Å². The molecule has 0 saturated heterocycles. The molecule has 0 atom stereocenters. The van der Waals surface area contributed by atoms with Gasteiger partial charge in [0, 0.05) is 11.3 Å². The topological polar surface area (TPSA) is 46.2 Å². The van der Waals surface area contributed by atoms with Crippen LogP contribution in [-0.2, 0) is 4.79 Å². The maximum atomic E-state index is 10.4. The van der Waals surface area contributed by atoms with E-state index in [0.29, 0.717) is 17.7 Å². The molecule has 0 aromatic heterocycles. The third-order valence-corrected chi connectivity index (χ3v) is 1.46. The number of carbonyl (C=O) groups is 2. The van der Waals surface area contributed by atoms with Crippen LogP contribution in [0.2, 0.25) is 0 Å².